The van der Waals surface area contributed by atoms with Gasteiger partial charge in [0.15, 0.2) is 0 Å². The Morgan fingerprint density at radius 1 is 1.00 bits per heavy atom. The Kier molecular flexibility index (Phi) is 3.71. The van der Waals surface area contributed by atoms with Gasteiger partial charge in [-0.3, -0.25) is 0 Å². The van der Waals surface area contributed by atoms with Crippen LogP contribution in [-0.2, 0) is 5.41 Å². The number of allylic oxidation sites excluding steroid dienone is 2. The van der Waals surface area contributed by atoms with Crippen molar-refractivity contribution in [1.29, 1.82) is 0 Å². The predicted octanol–water partition coefficient (Wildman–Crippen LogP) is 3.97. The number of benzene rings is 2. The summed E-state index contributed by atoms with van der Waals surface area (Å²) in [6, 6.07) is 2.20. The first-order valence-electron chi connectivity index (χ1n) is 8.60. The Morgan fingerprint density at radius 3 is 2.17 bits per heavy atom. The fourth-order valence-corrected chi connectivity index (χ4v) is 4.27. The average Bonchev–Trinajstić information content (AvgIpc) is 2.53. The number of nitrogens with two attached hydrogens (primary N) is 1. The minimum atomic E-state index is -0.114. The first-order chi connectivity index (χ1) is 11.0. The fraction of sp³-hybridized carbons (Fsp3) is 0.429. The lowest BCUT2D eigenvalue weighted by Gasteiger charge is -2.42. The molecule has 0 aromatic heterocycles. The van der Waals surface area contributed by atoms with E-state index in [1.165, 1.54) is 16.7 Å². The first kappa shape index (κ1) is 17.2. The summed E-state index contributed by atoms with van der Waals surface area (Å²) in [6.45, 7) is 15.1. The lowest BCUT2D eigenvalue weighted by Crippen LogP contribution is -2.34. The van der Waals surface area contributed by atoms with Gasteiger partial charge in [0.25, 0.3) is 0 Å². The van der Waals surface area contributed by atoms with Gasteiger partial charge in [-0.25, -0.2) is 0 Å². The largest absolute Gasteiger partial charge is 0.398 e. The van der Waals surface area contributed by atoms with Crippen LogP contribution in [0, 0.1) is 26.7 Å². The fourth-order valence-electron chi connectivity index (χ4n) is 4.27. The van der Waals surface area contributed by atoms with Crippen LogP contribution in [0.5, 0.6) is 0 Å². The summed E-state index contributed by atoms with van der Waals surface area (Å²) in [6.07, 6.45) is 0. The van der Waals surface area contributed by atoms with Crippen LogP contribution in [0.2, 0.25) is 0 Å². The molecule has 1 aliphatic rings. The molecule has 0 saturated carbocycles. The van der Waals surface area contributed by atoms with E-state index in [0.717, 1.165) is 44.1 Å². The second-order valence-corrected chi connectivity index (χ2v) is 7.95. The lowest BCUT2D eigenvalue weighted by molar-refractivity contribution is 0.399. The number of hydrogen-bond donors (Lipinski definition) is 1. The van der Waals surface area contributed by atoms with Crippen LogP contribution in [0.15, 0.2) is 11.5 Å². The highest BCUT2D eigenvalue weighted by Gasteiger charge is 2.38. The third-order valence-corrected chi connectivity index (χ3v) is 6.59. The third kappa shape index (κ3) is 1.96. The smallest absolute Gasteiger partial charge is 0.115 e. The summed E-state index contributed by atoms with van der Waals surface area (Å²) in [5.74, 6) is 0.244. The van der Waals surface area contributed by atoms with E-state index in [1.807, 2.05) is 0 Å². The average molecular weight is 313 g/mol. The molecule has 3 heteroatoms. The Morgan fingerprint density at radius 2 is 1.58 bits per heavy atom. The highest BCUT2D eigenvalue weighted by molar-refractivity contribution is 6.41. The molecule has 0 spiro atoms. The second kappa shape index (κ2) is 5.18. The van der Waals surface area contributed by atoms with E-state index in [4.69, 9.17) is 21.4 Å². The molecule has 0 amide bonds. The monoisotopic (exact) mass is 313 g/mol. The van der Waals surface area contributed by atoms with Crippen LogP contribution >= 0.6 is 0 Å². The summed E-state index contributed by atoms with van der Waals surface area (Å²) in [7, 11) is 12.9. The number of hydrogen-bond acceptors (Lipinski definition) is 1. The lowest BCUT2D eigenvalue weighted by atomic mass is 9.58. The zero-order chi connectivity index (χ0) is 18.1. The Bertz CT molecular complexity index is 920. The number of fused-ring (bicyclic) bond motifs is 2. The molecule has 2 aromatic rings. The number of anilines is 1. The topological polar surface area (TPSA) is 26.0 Å². The summed E-state index contributed by atoms with van der Waals surface area (Å²) < 4.78 is 0. The first-order valence-corrected chi connectivity index (χ1v) is 8.60. The molecule has 0 fully saturated rings. The maximum Gasteiger partial charge on any atom is 0.115 e. The number of nitrogen functional groups attached to an aromatic ring is 1. The van der Waals surface area contributed by atoms with Crippen molar-refractivity contribution in [2.75, 3.05) is 5.73 Å². The van der Waals surface area contributed by atoms with Crippen molar-refractivity contribution >= 4 is 43.2 Å². The van der Waals surface area contributed by atoms with Crippen LogP contribution in [0.1, 0.15) is 55.5 Å². The third-order valence-electron chi connectivity index (χ3n) is 6.59. The van der Waals surface area contributed by atoms with Gasteiger partial charge < -0.3 is 5.73 Å². The molecule has 2 N–H and O–H groups in total. The second-order valence-electron chi connectivity index (χ2n) is 7.95. The van der Waals surface area contributed by atoms with E-state index in [1.54, 1.807) is 0 Å². The minimum absolute atomic E-state index is 0.114. The maximum absolute atomic E-state index is 6.76. The standard InChI is InChI=1S/C21H25B2N/c1-9-10(2)16-15(19(23)11(9)3)8-14-12(4)18(22)13(5)21(6,7)17(14)20(16)24/h8,13H,24H2,1-7H3. The SMILES string of the molecule is [B]C1=C(C)c2cc3c([B])c(C)c(C)c(C)c3c(N)c2C(C)(C)C1C. The predicted molar refractivity (Wildman–Crippen MR) is 108 cm³/mol. The highest BCUT2D eigenvalue weighted by atomic mass is 14.6. The van der Waals surface area contributed by atoms with Crippen molar-refractivity contribution in [2.45, 2.75) is 53.9 Å². The molecule has 1 aliphatic carbocycles. The molecule has 120 valence electrons. The summed E-state index contributed by atoms with van der Waals surface area (Å²) in [5.41, 5.74) is 16.3. The molecule has 0 saturated heterocycles. The van der Waals surface area contributed by atoms with Gasteiger partial charge in [-0.15, -0.1) is 5.47 Å². The van der Waals surface area contributed by atoms with Crippen LogP contribution in [0.25, 0.3) is 16.3 Å². The van der Waals surface area contributed by atoms with Gasteiger partial charge in [0, 0.05) is 11.1 Å². The maximum atomic E-state index is 6.76. The molecule has 0 aliphatic heterocycles. The molecule has 1 nitrogen and oxygen atoms in total. The molecule has 24 heavy (non-hydrogen) atoms. The molecule has 3 rings (SSSR count). The van der Waals surface area contributed by atoms with Crippen molar-refractivity contribution in [3.05, 3.63) is 39.4 Å². The van der Waals surface area contributed by atoms with Gasteiger partial charge in [-0.1, -0.05) is 37.4 Å². The van der Waals surface area contributed by atoms with Crippen molar-refractivity contribution in [1.82, 2.24) is 0 Å². The summed E-state index contributed by atoms with van der Waals surface area (Å²) in [4.78, 5) is 0. The summed E-state index contributed by atoms with van der Waals surface area (Å²) in [5, 5.41) is 2.15. The van der Waals surface area contributed by atoms with E-state index < -0.39 is 0 Å². The van der Waals surface area contributed by atoms with E-state index in [-0.39, 0.29) is 11.3 Å². The van der Waals surface area contributed by atoms with Gasteiger partial charge in [-0.05, 0) is 72.7 Å². The molecular weight excluding hydrogens is 288 g/mol. The van der Waals surface area contributed by atoms with E-state index in [2.05, 4.69) is 54.5 Å². The molecule has 1 unspecified atom stereocenters. The van der Waals surface area contributed by atoms with Gasteiger partial charge >= 0.3 is 0 Å². The van der Waals surface area contributed by atoms with Gasteiger partial charge in [0.05, 0.1) is 0 Å². The Balaban J connectivity index is 2.60. The molecule has 4 radical (unpaired) electrons. The molecule has 0 bridgehead atoms. The normalized spacial score (nSPS) is 19.7. The van der Waals surface area contributed by atoms with Crippen molar-refractivity contribution < 1.29 is 0 Å². The van der Waals surface area contributed by atoms with E-state index in [0.29, 0.717) is 0 Å². The minimum Gasteiger partial charge on any atom is -0.398 e. The number of aryl methyl sites for hydroxylation is 1. The molecule has 0 heterocycles. The van der Waals surface area contributed by atoms with E-state index in [9.17, 15) is 0 Å². The van der Waals surface area contributed by atoms with Crippen molar-refractivity contribution in [3.63, 3.8) is 0 Å². The molecule has 2 aromatic carbocycles. The molecular formula is C21H25B2N. The zero-order valence-electron chi connectivity index (χ0n) is 15.9. The highest BCUT2D eigenvalue weighted by Crippen LogP contribution is 2.50. The van der Waals surface area contributed by atoms with Crippen molar-refractivity contribution in [3.8, 4) is 0 Å². The Hall–Kier alpha value is -1.63. The van der Waals surface area contributed by atoms with Crippen LogP contribution in [0.3, 0.4) is 0 Å². The number of rotatable bonds is 0. The van der Waals surface area contributed by atoms with Crippen LogP contribution in [-0.4, -0.2) is 15.7 Å². The van der Waals surface area contributed by atoms with Gasteiger partial charge in [0.2, 0.25) is 0 Å². The van der Waals surface area contributed by atoms with Crippen LogP contribution < -0.4 is 11.2 Å². The van der Waals surface area contributed by atoms with Gasteiger partial charge in [0.1, 0.15) is 15.7 Å². The zero-order valence-corrected chi connectivity index (χ0v) is 15.9. The van der Waals surface area contributed by atoms with Crippen LogP contribution in [0.4, 0.5) is 5.69 Å². The van der Waals surface area contributed by atoms with Crippen molar-refractivity contribution in [2.24, 2.45) is 5.92 Å². The Labute approximate surface area is 148 Å². The quantitative estimate of drug-likeness (QED) is 0.578. The molecule has 1 atom stereocenters. The summed E-state index contributed by atoms with van der Waals surface area (Å²) >= 11 is 0. The van der Waals surface area contributed by atoms with Gasteiger partial charge in [-0.2, -0.15) is 0 Å². The van der Waals surface area contributed by atoms with E-state index >= 15 is 0 Å².